The topological polar surface area (TPSA) is 87.3 Å². The number of aromatic amines is 1. The quantitative estimate of drug-likeness (QED) is 0.798. The van der Waals surface area contributed by atoms with Crippen molar-refractivity contribution in [2.45, 2.75) is 23.3 Å². The van der Waals surface area contributed by atoms with Crippen LogP contribution in [0, 0.1) is 0 Å². The first-order valence-electron chi connectivity index (χ1n) is 6.46. The van der Waals surface area contributed by atoms with Gasteiger partial charge in [0.1, 0.15) is 4.90 Å². The number of hydrogen-bond donors (Lipinski definition) is 2. The monoisotopic (exact) mass is 322 g/mol. The highest BCUT2D eigenvalue weighted by atomic mass is 35.5. The summed E-state index contributed by atoms with van der Waals surface area (Å²) < 4.78 is 32.0. The second kappa shape index (κ2) is 5.98. The second-order valence-corrected chi connectivity index (χ2v) is 6.98. The van der Waals surface area contributed by atoms with Gasteiger partial charge in [0, 0.05) is 32.4 Å². The molecule has 3 heterocycles. The standard InChI is InChI=1S/C11H18N4O3S.ClH/c16-19(17,10-7-13-14-8-10)15-4-1-11(2-5-15)9-12-3-6-18-11;/h7-8,12H,1-6,9H2,(H,13,14);1H. The number of rotatable bonds is 2. The Morgan fingerprint density at radius 1 is 1.35 bits per heavy atom. The van der Waals surface area contributed by atoms with Crippen LogP contribution < -0.4 is 5.32 Å². The Balaban J connectivity index is 0.00000147. The molecule has 3 rings (SSSR count). The van der Waals surface area contributed by atoms with Crippen molar-refractivity contribution >= 4 is 22.4 Å². The summed E-state index contributed by atoms with van der Waals surface area (Å²) in [6, 6.07) is 0. The Morgan fingerprint density at radius 2 is 2.10 bits per heavy atom. The van der Waals surface area contributed by atoms with E-state index in [1.165, 1.54) is 16.7 Å². The summed E-state index contributed by atoms with van der Waals surface area (Å²) in [5.74, 6) is 0. The van der Waals surface area contributed by atoms with Gasteiger partial charge in [0.15, 0.2) is 0 Å². The van der Waals surface area contributed by atoms with Crippen LogP contribution in [0.5, 0.6) is 0 Å². The third-order valence-electron chi connectivity index (χ3n) is 3.88. The summed E-state index contributed by atoms with van der Waals surface area (Å²) in [6.07, 6.45) is 4.23. The maximum absolute atomic E-state index is 12.3. The molecule has 1 aromatic rings. The molecule has 7 nitrogen and oxygen atoms in total. The van der Waals surface area contributed by atoms with Crippen LogP contribution >= 0.6 is 12.4 Å². The maximum atomic E-state index is 12.3. The lowest BCUT2D eigenvalue weighted by Crippen LogP contribution is -2.56. The first-order chi connectivity index (χ1) is 9.12. The van der Waals surface area contributed by atoms with Gasteiger partial charge in [0.25, 0.3) is 0 Å². The maximum Gasteiger partial charge on any atom is 0.246 e. The number of H-pyrrole nitrogens is 1. The van der Waals surface area contributed by atoms with E-state index < -0.39 is 10.0 Å². The molecule has 0 amide bonds. The molecule has 0 unspecified atom stereocenters. The lowest BCUT2D eigenvalue weighted by molar-refractivity contribution is -0.0915. The molecular formula is C11H19ClN4O3S. The summed E-state index contributed by atoms with van der Waals surface area (Å²) in [7, 11) is -3.41. The molecule has 2 N–H and O–H groups in total. The molecule has 1 spiro atoms. The molecule has 2 fully saturated rings. The highest BCUT2D eigenvalue weighted by Gasteiger charge is 2.40. The van der Waals surface area contributed by atoms with Gasteiger partial charge in [-0.3, -0.25) is 5.10 Å². The van der Waals surface area contributed by atoms with Crippen LogP contribution in [-0.4, -0.2) is 61.3 Å². The summed E-state index contributed by atoms with van der Waals surface area (Å²) in [4.78, 5) is 0.228. The van der Waals surface area contributed by atoms with E-state index in [-0.39, 0.29) is 22.9 Å². The van der Waals surface area contributed by atoms with E-state index in [1.807, 2.05) is 0 Å². The molecule has 2 aliphatic rings. The van der Waals surface area contributed by atoms with E-state index in [9.17, 15) is 8.42 Å². The lowest BCUT2D eigenvalue weighted by Gasteiger charge is -2.43. The van der Waals surface area contributed by atoms with Crippen molar-refractivity contribution in [1.82, 2.24) is 19.8 Å². The third-order valence-corrected chi connectivity index (χ3v) is 5.74. The third kappa shape index (κ3) is 2.84. The second-order valence-electron chi connectivity index (χ2n) is 5.05. The predicted octanol–water partition coefficient (Wildman–Crippen LogP) is -0.0254. The molecule has 0 radical (unpaired) electrons. The van der Waals surface area contributed by atoms with Gasteiger partial charge in [0.05, 0.1) is 18.4 Å². The first-order valence-corrected chi connectivity index (χ1v) is 7.90. The van der Waals surface area contributed by atoms with E-state index in [2.05, 4.69) is 15.5 Å². The van der Waals surface area contributed by atoms with E-state index in [1.54, 1.807) is 0 Å². The number of hydrogen-bond acceptors (Lipinski definition) is 5. The molecule has 2 saturated heterocycles. The van der Waals surface area contributed by atoms with Gasteiger partial charge in [-0.25, -0.2) is 8.42 Å². The van der Waals surface area contributed by atoms with Crippen LogP contribution in [0.4, 0.5) is 0 Å². The molecule has 0 atom stereocenters. The molecule has 0 saturated carbocycles. The van der Waals surface area contributed by atoms with Crippen molar-refractivity contribution in [3.63, 3.8) is 0 Å². The van der Waals surface area contributed by atoms with Gasteiger partial charge in [-0.15, -0.1) is 12.4 Å². The number of sulfonamides is 1. The zero-order chi connectivity index (χ0) is 13.3. The van der Waals surface area contributed by atoms with E-state index in [0.717, 1.165) is 25.9 Å². The van der Waals surface area contributed by atoms with Gasteiger partial charge in [-0.1, -0.05) is 0 Å². The fourth-order valence-corrected chi connectivity index (χ4v) is 4.04. The largest absolute Gasteiger partial charge is 0.372 e. The van der Waals surface area contributed by atoms with Crippen LogP contribution in [0.15, 0.2) is 17.3 Å². The van der Waals surface area contributed by atoms with Gasteiger partial charge >= 0.3 is 0 Å². The Hall–Kier alpha value is -0.670. The minimum absolute atomic E-state index is 0. The minimum atomic E-state index is -3.41. The van der Waals surface area contributed by atoms with Gasteiger partial charge in [0.2, 0.25) is 10.0 Å². The normalized spacial score (nSPS) is 23.4. The van der Waals surface area contributed by atoms with Crippen molar-refractivity contribution < 1.29 is 13.2 Å². The van der Waals surface area contributed by atoms with Crippen LogP contribution in [0.3, 0.4) is 0 Å². The average molecular weight is 323 g/mol. The highest BCUT2D eigenvalue weighted by molar-refractivity contribution is 7.89. The number of nitrogens with one attached hydrogen (secondary N) is 2. The SMILES string of the molecule is Cl.O=S(=O)(c1cn[nH]c1)N1CCC2(CC1)CNCCO2. The van der Waals surface area contributed by atoms with Crippen molar-refractivity contribution in [1.29, 1.82) is 0 Å². The molecule has 9 heteroatoms. The zero-order valence-electron chi connectivity index (χ0n) is 11.0. The molecule has 0 bridgehead atoms. The molecule has 114 valence electrons. The Bertz CT molecular complexity index is 518. The molecule has 0 aliphatic carbocycles. The summed E-state index contributed by atoms with van der Waals surface area (Å²) in [6.45, 7) is 3.38. The number of halogens is 1. The fourth-order valence-electron chi connectivity index (χ4n) is 2.69. The van der Waals surface area contributed by atoms with Gasteiger partial charge < -0.3 is 10.1 Å². The Kier molecular flexibility index (Phi) is 4.70. The molecule has 1 aromatic heterocycles. The van der Waals surface area contributed by atoms with Crippen molar-refractivity contribution in [3.8, 4) is 0 Å². The number of morpholine rings is 1. The summed E-state index contributed by atoms with van der Waals surface area (Å²) in [5.41, 5.74) is -0.180. The van der Waals surface area contributed by atoms with Gasteiger partial charge in [-0.2, -0.15) is 9.40 Å². The number of ether oxygens (including phenoxy) is 1. The average Bonchev–Trinajstić information content (AvgIpc) is 2.95. The highest BCUT2D eigenvalue weighted by Crippen LogP contribution is 2.30. The minimum Gasteiger partial charge on any atom is -0.372 e. The smallest absolute Gasteiger partial charge is 0.246 e. The van der Waals surface area contributed by atoms with Crippen molar-refractivity contribution in [3.05, 3.63) is 12.4 Å². The lowest BCUT2D eigenvalue weighted by atomic mass is 9.91. The molecule has 0 aromatic carbocycles. The Morgan fingerprint density at radius 3 is 2.65 bits per heavy atom. The van der Waals surface area contributed by atoms with Gasteiger partial charge in [-0.05, 0) is 12.8 Å². The van der Waals surface area contributed by atoms with E-state index >= 15 is 0 Å². The summed E-state index contributed by atoms with van der Waals surface area (Å²) in [5, 5.41) is 9.56. The zero-order valence-corrected chi connectivity index (χ0v) is 12.7. The molecule has 20 heavy (non-hydrogen) atoms. The van der Waals surface area contributed by atoms with Crippen LogP contribution in [0.25, 0.3) is 0 Å². The predicted molar refractivity (Wildman–Crippen MR) is 75.4 cm³/mol. The van der Waals surface area contributed by atoms with E-state index in [0.29, 0.717) is 19.7 Å². The number of nitrogens with zero attached hydrogens (tertiary/aromatic N) is 2. The Labute approximate surface area is 124 Å². The fraction of sp³-hybridized carbons (Fsp3) is 0.727. The van der Waals surface area contributed by atoms with Crippen molar-refractivity contribution in [2.75, 3.05) is 32.8 Å². The van der Waals surface area contributed by atoms with Crippen LogP contribution in [-0.2, 0) is 14.8 Å². The van der Waals surface area contributed by atoms with Crippen LogP contribution in [0.2, 0.25) is 0 Å². The molecule has 2 aliphatic heterocycles. The number of aromatic nitrogens is 2. The van der Waals surface area contributed by atoms with E-state index in [4.69, 9.17) is 4.74 Å². The first kappa shape index (κ1) is 15.7. The number of piperidine rings is 1. The molecular weight excluding hydrogens is 304 g/mol. The van der Waals surface area contributed by atoms with Crippen LogP contribution in [0.1, 0.15) is 12.8 Å². The van der Waals surface area contributed by atoms with Crippen molar-refractivity contribution in [2.24, 2.45) is 0 Å². The summed E-state index contributed by atoms with van der Waals surface area (Å²) >= 11 is 0.